The van der Waals surface area contributed by atoms with Gasteiger partial charge in [-0.25, -0.2) is 9.37 Å². The van der Waals surface area contributed by atoms with Gasteiger partial charge < -0.3 is 5.32 Å². The van der Waals surface area contributed by atoms with Crippen LogP contribution < -0.4 is 10.2 Å². The monoisotopic (exact) mass is 457 g/mol. The summed E-state index contributed by atoms with van der Waals surface area (Å²) >= 11 is 4.32. The van der Waals surface area contributed by atoms with Crippen LogP contribution in [0.15, 0.2) is 64.3 Å². The van der Waals surface area contributed by atoms with Crippen LogP contribution in [0, 0.1) is 5.82 Å². The molecule has 0 aliphatic heterocycles. The lowest BCUT2D eigenvalue weighted by Gasteiger charge is -2.17. The van der Waals surface area contributed by atoms with Crippen LogP contribution >= 0.6 is 34.4 Å². The van der Waals surface area contributed by atoms with Crippen molar-refractivity contribution >= 4 is 62.0 Å². The van der Waals surface area contributed by atoms with Gasteiger partial charge in [-0.15, -0.1) is 21.5 Å². The van der Waals surface area contributed by atoms with Crippen molar-refractivity contribution in [3.8, 4) is 0 Å². The molecular formula is C20H16FN5OS3. The molecule has 1 amide bonds. The Hall–Kier alpha value is -2.82. The molecule has 2 aromatic carbocycles. The van der Waals surface area contributed by atoms with E-state index in [0.717, 1.165) is 15.7 Å². The van der Waals surface area contributed by atoms with E-state index in [9.17, 15) is 9.18 Å². The molecule has 0 atom stereocenters. The normalized spacial score (nSPS) is 10.7. The molecule has 0 spiro atoms. The van der Waals surface area contributed by atoms with Crippen molar-refractivity contribution in [3.05, 3.63) is 71.5 Å². The van der Waals surface area contributed by atoms with Crippen LogP contribution in [-0.2, 0) is 10.5 Å². The van der Waals surface area contributed by atoms with Crippen molar-refractivity contribution in [3.63, 3.8) is 0 Å². The van der Waals surface area contributed by atoms with Gasteiger partial charge in [0.05, 0.1) is 11.4 Å². The number of amides is 1. The molecule has 0 fully saturated rings. The molecule has 1 N–H and O–H groups in total. The quantitative estimate of drug-likeness (QED) is 0.351. The van der Waals surface area contributed by atoms with E-state index in [0.29, 0.717) is 21.7 Å². The van der Waals surface area contributed by atoms with Gasteiger partial charge in [0, 0.05) is 23.7 Å². The minimum atomic E-state index is -0.312. The lowest BCUT2D eigenvalue weighted by atomic mass is 10.3. The first-order valence-corrected chi connectivity index (χ1v) is 11.6. The third kappa shape index (κ3) is 5.02. The van der Waals surface area contributed by atoms with E-state index in [2.05, 4.69) is 20.5 Å². The molecule has 0 radical (unpaired) electrons. The molecule has 4 aromatic rings. The number of halogens is 1. The Kier molecular flexibility index (Phi) is 6.36. The Morgan fingerprint density at radius 1 is 1.17 bits per heavy atom. The molecule has 0 aliphatic carbocycles. The molecule has 30 heavy (non-hydrogen) atoms. The first-order chi connectivity index (χ1) is 14.6. The van der Waals surface area contributed by atoms with E-state index < -0.39 is 0 Å². The fraction of sp³-hybridized carbons (Fsp3) is 0.100. The number of carbonyl (C=O) groups is 1. The minimum absolute atomic E-state index is 0.0908. The molecule has 2 aromatic heterocycles. The number of nitrogens with one attached hydrogen (secondary N) is 1. The SMILES string of the molecule is CC(=O)N(c1ccccc1)c1nc(CSc2nnc(Nc3cccc(F)c3)s2)cs1. The van der Waals surface area contributed by atoms with Crippen LogP contribution in [0.5, 0.6) is 0 Å². The predicted octanol–water partition coefficient (Wildman–Crippen LogP) is 5.85. The second kappa shape index (κ2) is 9.33. The summed E-state index contributed by atoms with van der Waals surface area (Å²) in [6.45, 7) is 1.52. The third-order valence-corrected chi connectivity index (χ3v) is 6.77. The van der Waals surface area contributed by atoms with Crippen molar-refractivity contribution in [2.45, 2.75) is 17.0 Å². The highest BCUT2D eigenvalue weighted by atomic mass is 32.2. The van der Waals surface area contributed by atoms with Crippen LogP contribution in [0.25, 0.3) is 0 Å². The summed E-state index contributed by atoms with van der Waals surface area (Å²) in [6, 6.07) is 15.6. The minimum Gasteiger partial charge on any atom is -0.330 e. The Labute approximate surface area is 184 Å². The van der Waals surface area contributed by atoms with Crippen LogP contribution in [0.1, 0.15) is 12.6 Å². The number of anilines is 4. The second-order valence-corrected chi connectivity index (χ2v) is 9.15. The zero-order valence-electron chi connectivity index (χ0n) is 15.8. The molecule has 0 aliphatic rings. The van der Waals surface area contributed by atoms with Crippen LogP contribution in [-0.4, -0.2) is 21.1 Å². The van der Waals surface area contributed by atoms with Crippen molar-refractivity contribution in [2.75, 3.05) is 10.2 Å². The van der Waals surface area contributed by atoms with E-state index in [1.165, 1.54) is 53.5 Å². The molecule has 4 rings (SSSR count). The number of carbonyl (C=O) groups excluding carboxylic acids is 1. The number of benzene rings is 2. The molecule has 152 valence electrons. The summed E-state index contributed by atoms with van der Waals surface area (Å²) in [6.07, 6.45) is 0. The summed E-state index contributed by atoms with van der Waals surface area (Å²) in [5.41, 5.74) is 2.27. The van der Waals surface area contributed by atoms with E-state index in [-0.39, 0.29) is 11.7 Å². The van der Waals surface area contributed by atoms with Gasteiger partial charge in [-0.2, -0.15) is 0 Å². The van der Waals surface area contributed by atoms with E-state index in [1.807, 2.05) is 35.7 Å². The number of para-hydroxylation sites is 1. The summed E-state index contributed by atoms with van der Waals surface area (Å²) in [7, 11) is 0. The highest BCUT2D eigenvalue weighted by Crippen LogP contribution is 2.33. The molecule has 0 bridgehead atoms. The average molecular weight is 458 g/mol. The van der Waals surface area contributed by atoms with E-state index >= 15 is 0 Å². The number of hydrogen-bond donors (Lipinski definition) is 1. The average Bonchev–Trinajstić information content (AvgIpc) is 3.37. The predicted molar refractivity (Wildman–Crippen MR) is 121 cm³/mol. The summed E-state index contributed by atoms with van der Waals surface area (Å²) in [4.78, 5) is 18.4. The van der Waals surface area contributed by atoms with E-state index in [4.69, 9.17) is 0 Å². The number of thiazole rings is 1. The maximum atomic E-state index is 13.3. The number of thioether (sulfide) groups is 1. The summed E-state index contributed by atoms with van der Waals surface area (Å²) in [5, 5.41) is 14.5. The summed E-state index contributed by atoms with van der Waals surface area (Å²) in [5.74, 6) is 0.200. The molecule has 2 heterocycles. The van der Waals surface area contributed by atoms with Crippen LogP contribution in [0.2, 0.25) is 0 Å². The molecule has 6 nitrogen and oxygen atoms in total. The summed E-state index contributed by atoms with van der Waals surface area (Å²) < 4.78 is 14.1. The van der Waals surface area contributed by atoms with Gasteiger partial charge in [-0.3, -0.25) is 9.69 Å². The molecule has 0 saturated carbocycles. The molecule has 0 unspecified atom stereocenters. The maximum absolute atomic E-state index is 13.3. The maximum Gasteiger partial charge on any atom is 0.230 e. The van der Waals surface area contributed by atoms with Crippen molar-refractivity contribution in [1.29, 1.82) is 0 Å². The van der Waals surface area contributed by atoms with Crippen LogP contribution in [0.4, 0.5) is 26.0 Å². The smallest absolute Gasteiger partial charge is 0.230 e. The number of rotatable bonds is 7. The van der Waals surface area contributed by atoms with Gasteiger partial charge in [-0.05, 0) is 30.3 Å². The number of nitrogens with zero attached hydrogens (tertiary/aromatic N) is 4. The first-order valence-electron chi connectivity index (χ1n) is 8.87. The topological polar surface area (TPSA) is 71.0 Å². The van der Waals surface area contributed by atoms with Gasteiger partial charge in [-0.1, -0.05) is 47.4 Å². The zero-order chi connectivity index (χ0) is 20.9. The third-order valence-electron chi connectivity index (χ3n) is 3.89. The molecular weight excluding hydrogens is 441 g/mol. The largest absolute Gasteiger partial charge is 0.330 e. The number of hydrogen-bond acceptors (Lipinski definition) is 8. The van der Waals surface area contributed by atoms with E-state index in [1.54, 1.807) is 17.0 Å². The van der Waals surface area contributed by atoms with Gasteiger partial charge in [0.15, 0.2) is 9.47 Å². The Morgan fingerprint density at radius 3 is 2.77 bits per heavy atom. The lowest BCUT2D eigenvalue weighted by Crippen LogP contribution is -2.22. The molecule has 10 heteroatoms. The van der Waals surface area contributed by atoms with Crippen molar-refractivity contribution in [1.82, 2.24) is 15.2 Å². The van der Waals surface area contributed by atoms with Gasteiger partial charge >= 0.3 is 0 Å². The highest BCUT2D eigenvalue weighted by Gasteiger charge is 2.18. The molecule has 0 saturated heterocycles. The van der Waals surface area contributed by atoms with Crippen molar-refractivity contribution in [2.24, 2.45) is 0 Å². The van der Waals surface area contributed by atoms with Crippen molar-refractivity contribution < 1.29 is 9.18 Å². The fourth-order valence-electron chi connectivity index (χ4n) is 2.61. The zero-order valence-corrected chi connectivity index (χ0v) is 18.2. The Bertz CT molecular complexity index is 1150. The van der Waals surface area contributed by atoms with Gasteiger partial charge in [0.1, 0.15) is 5.82 Å². The lowest BCUT2D eigenvalue weighted by molar-refractivity contribution is -0.115. The fourth-order valence-corrected chi connectivity index (χ4v) is 5.27. The van der Waals surface area contributed by atoms with Gasteiger partial charge in [0.25, 0.3) is 0 Å². The standard InChI is InChI=1S/C20H16FN5OS3/c1-13(27)26(17-8-3-2-4-9-17)19-23-16(11-28-19)12-29-20-25-24-18(30-20)22-15-7-5-6-14(21)10-15/h2-11H,12H2,1H3,(H,22,24). The first kappa shape index (κ1) is 20.5. The van der Waals surface area contributed by atoms with Gasteiger partial charge in [0.2, 0.25) is 11.0 Å². The Morgan fingerprint density at radius 2 is 2.00 bits per heavy atom. The Balaban J connectivity index is 1.40. The highest BCUT2D eigenvalue weighted by molar-refractivity contribution is 8.00. The second-order valence-electron chi connectivity index (χ2n) is 6.11. The van der Waals surface area contributed by atoms with Crippen LogP contribution in [0.3, 0.4) is 0 Å². The number of aromatic nitrogens is 3.